The monoisotopic (exact) mass is 408 g/mol. The van der Waals surface area contributed by atoms with Gasteiger partial charge in [0.05, 0.1) is 22.2 Å². The van der Waals surface area contributed by atoms with E-state index >= 15 is 0 Å². The van der Waals surface area contributed by atoms with Crippen LogP contribution in [0.2, 0.25) is 0 Å². The number of hydrogen-bond donors (Lipinski definition) is 2. The molecule has 0 aliphatic rings. The third-order valence-electron chi connectivity index (χ3n) is 4.40. The molecular weight excluding hydrogens is 390 g/mol. The van der Waals surface area contributed by atoms with Gasteiger partial charge in [0.15, 0.2) is 0 Å². The first kappa shape index (κ1) is 19.7. The molecule has 10 heteroatoms. The Morgan fingerprint density at radius 1 is 1.14 bits per heavy atom. The highest BCUT2D eigenvalue weighted by Gasteiger charge is 2.28. The van der Waals surface area contributed by atoms with Gasteiger partial charge in [-0.15, -0.1) is 0 Å². The van der Waals surface area contributed by atoms with E-state index in [9.17, 15) is 22.0 Å². The van der Waals surface area contributed by atoms with Crippen molar-refractivity contribution < 1.29 is 22.0 Å². The standard InChI is InChI=1S/C18H18F2N4O3S/c1-9(2)28(26,27)24-15-7-10(3-6-14(15)23-18(24)22)16(17(21)25)12-8-11(19)4-5-13(12)20/h3-9,16H,1-2H3,(H2,21,25)(H2,22,23). The Labute approximate surface area is 160 Å². The van der Waals surface area contributed by atoms with E-state index in [1.54, 1.807) is 0 Å². The van der Waals surface area contributed by atoms with Crippen LogP contribution < -0.4 is 11.5 Å². The maximum Gasteiger partial charge on any atom is 0.244 e. The molecule has 28 heavy (non-hydrogen) atoms. The third kappa shape index (κ3) is 3.19. The van der Waals surface area contributed by atoms with E-state index in [1.807, 2.05) is 0 Å². The zero-order valence-electron chi connectivity index (χ0n) is 15.1. The molecule has 148 valence electrons. The molecule has 7 nitrogen and oxygen atoms in total. The molecule has 3 aromatic rings. The number of primary amides is 1. The van der Waals surface area contributed by atoms with Crippen molar-refractivity contribution >= 4 is 32.9 Å². The first-order valence-electron chi connectivity index (χ1n) is 8.30. The predicted molar refractivity (Wildman–Crippen MR) is 101 cm³/mol. The van der Waals surface area contributed by atoms with Gasteiger partial charge in [0.2, 0.25) is 21.9 Å². The largest absolute Gasteiger partial charge is 0.369 e. The maximum absolute atomic E-state index is 14.3. The van der Waals surface area contributed by atoms with E-state index < -0.39 is 38.7 Å². The molecule has 1 aromatic heterocycles. The average molecular weight is 408 g/mol. The Kier molecular flexibility index (Phi) is 4.84. The summed E-state index contributed by atoms with van der Waals surface area (Å²) in [6.07, 6.45) is 0. The highest BCUT2D eigenvalue weighted by atomic mass is 32.2. The molecule has 1 heterocycles. The molecule has 1 atom stereocenters. The number of carbonyl (C=O) groups excluding carboxylic acids is 1. The molecule has 0 aliphatic carbocycles. The molecule has 1 amide bonds. The van der Waals surface area contributed by atoms with Crippen molar-refractivity contribution in [2.75, 3.05) is 5.73 Å². The Bertz CT molecular complexity index is 1190. The van der Waals surface area contributed by atoms with Gasteiger partial charge >= 0.3 is 0 Å². The minimum atomic E-state index is -3.85. The van der Waals surface area contributed by atoms with Crippen LogP contribution in [0.15, 0.2) is 36.4 Å². The third-order valence-corrected chi connectivity index (χ3v) is 6.48. The Morgan fingerprint density at radius 2 is 1.82 bits per heavy atom. The summed E-state index contributed by atoms with van der Waals surface area (Å²) in [5.74, 6) is -4.04. The topological polar surface area (TPSA) is 121 Å². The van der Waals surface area contributed by atoms with Crippen molar-refractivity contribution in [1.82, 2.24) is 8.96 Å². The van der Waals surface area contributed by atoms with Crippen molar-refractivity contribution in [3.63, 3.8) is 0 Å². The van der Waals surface area contributed by atoms with Crippen molar-refractivity contribution in [2.24, 2.45) is 5.73 Å². The van der Waals surface area contributed by atoms with E-state index in [-0.39, 0.29) is 28.1 Å². The Hall–Kier alpha value is -3.01. The van der Waals surface area contributed by atoms with Gasteiger partial charge in [0.25, 0.3) is 0 Å². The van der Waals surface area contributed by atoms with Crippen LogP contribution >= 0.6 is 0 Å². The summed E-state index contributed by atoms with van der Waals surface area (Å²) in [7, 11) is -3.85. The van der Waals surface area contributed by atoms with Crippen molar-refractivity contribution in [2.45, 2.75) is 25.0 Å². The second kappa shape index (κ2) is 6.86. The smallest absolute Gasteiger partial charge is 0.244 e. The molecule has 1 unspecified atom stereocenters. The van der Waals surface area contributed by atoms with Crippen LogP contribution in [-0.4, -0.2) is 28.5 Å². The number of nitrogens with two attached hydrogens (primary N) is 2. The SMILES string of the molecule is CC(C)S(=O)(=O)n1c(N)nc2ccc(C(C(N)=O)c3cc(F)ccc3F)cc21. The number of fused-ring (bicyclic) bond motifs is 1. The lowest BCUT2D eigenvalue weighted by Crippen LogP contribution is -2.25. The number of carbonyl (C=O) groups is 1. The summed E-state index contributed by atoms with van der Waals surface area (Å²) < 4.78 is 54.1. The number of rotatable bonds is 5. The molecule has 0 radical (unpaired) electrons. The van der Waals surface area contributed by atoms with Gasteiger partial charge in [0.1, 0.15) is 11.6 Å². The van der Waals surface area contributed by atoms with Gasteiger partial charge in [-0.25, -0.2) is 26.2 Å². The first-order chi connectivity index (χ1) is 13.0. The number of hydrogen-bond acceptors (Lipinski definition) is 5. The van der Waals surface area contributed by atoms with Crippen molar-refractivity contribution in [3.8, 4) is 0 Å². The fourth-order valence-corrected chi connectivity index (χ4v) is 4.12. The van der Waals surface area contributed by atoms with Crippen LogP contribution in [0, 0.1) is 11.6 Å². The molecule has 0 aliphatic heterocycles. The molecule has 0 spiro atoms. The molecule has 0 bridgehead atoms. The van der Waals surface area contributed by atoms with Crippen LogP contribution in [0.25, 0.3) is 11.0 Å². The summed E-state index contributed by atoms with van der Waals surface area (Å²) in [5.41, 5.74) is 11.6. The minimum absolute atomic E-state index is 0.117. The van der Waals surface area contributed by atoms with Crippen LogP contribution in [0.5, 0.6) is 0 Å². The summed E-state index contributed by atoms with van der Waals surface area (Å²) >= 11 is 0. The average Bonchev–Trinajstić information content (AvgIpc) is 2.93. The lowest BCUT2D eigenvalue weighted by molar-refractivity contribution is -0.118. The van der Waals surface area contributed by atoms with Crippen molar-refractivity contribution in [3.05, 3.63) is 59.2 Å². The number of aromatic nitrogens is 2. The van der Waals surface area contributed by atoms with E-state index in [2.05, 4.69) is 4.98 Å². The van der Waals surface area contributed by atoms with Crippen LogP contribution in [-0.2, 0) is 14.8 Å². The zero-order chi connectivity index (χ0) is 20.8. The van der Waals surface area contributed by atoms with E-state index in [1.165, 1.54) is 32.0 Å². The van der Waals surface area contributed by atoms with Crippen LogP contribution in [0.4, 0.5) is 14.7 Å². The first-order valence-corrected chi connectivity index (χ1v) is 9.81. The quantitative estimate of drug-likeness (QED) is 0.670. The fraction of sp³-hybridized carbons (Fsp3) is 0.222. The van der Waals surface area contributed by atoms with E-state index in [4.69, 9.17) is 11.5 Å². The van der Waals surface area contributed by atoms with Gasteiger partial charge in [-0.05, 0) is 49.7 Å². The van der Waals surface area contributed by atoms with Gasteiger partial charge < -0.3 is 11.5 Å². The Morgan fingerprint density at radius 3 is 2.43 bits per heavy atom. The van der Waals surface area contributed by atoms with Gasteiger partial charge in [-0.3, -0.25) is 4.79 Å². The predicted octanol–water partition coefficient (Wildman–Crippen LogP) is 2.10. The second-order valence-corrected chi connectivity index (χ2v) is 8.92. The number of imidazole rings is 1. The molecular formula is C18H18F2N4O3S. The number of nitrogen functional groups attached to an aromatic ring is 1. The van der Waals surface area contributed by atoms with Gasteiger partial charge in [-0.2, -0.15) is 0 Å². The number of nitrogens with zero attached hydrogens (tertiary/aromatic N) is 2. The van der Waals surface area contributed by atoms with E-state index in [0.717, 1.165) is 22.2 Å². The van der Waals surface area contributed by atoms with Gasteiger partial charge in [-0.1, -0.05) is 6.07 Å². The summed E-state index contributed by atoms with van der Waals surface area (Å²) in [6, 6.07) is 6.93. The lowest BCUT2D eigenvalue weighted by atomic mass is 9.90. The molecule has 4 N–H and O–H groups in total. The maximum atomic E-state index is 14.3. The molecule has 0 saturated heterocycles. The second-order valence-electron chi connectivity index (χ2n) is 6.58. The molecule has 2 aromatic carbocycles. The highest BCUT2D eigenvalue weighted by Crippen LogP contribution is 2.31. The number of anilines is 1. The van der Waals surface area contributed by atoms with E-state index in [0.29, 0.717) is 0 Å². The highest BCUT2D eigenvalue weighted by molar-refractivity contribution is 7.90. The lowest BCUT2D eigenvalue weighted by Gasteiger charge is -2.16. The molecule has 0 fully saturated rings. The van der Waals surface area contributed by atoms with Gasteiger partial charge in [0, 0.05) is 5.56 Å². The van der Waals surface area contributed by atoms with Crippen LogP contribution in [0.1, 0.15) is 30.9 Å². The fourth-order valence-electron chi connectivity index (χ4n) is 2.98. The molecule has 3 rings (SSSR count). The zero-order valence-corrected chi connectivity index (χ0v) is 15.9. The van der Waals surface area contributed by atoms with Crippen LogP contribution in [0.3, 0.4) is 0 Å². The number of amides is 1. The van der Waals surface area contributed by atoms with Crippen molar-refractivity contribution in [1.29, 1.82) is 0 Å². The summed E-state index contributed by atoms with van der Waals surface area (Å²) in [5, 5.41) is -0.788. The normalized spacial score (nSPS) is 13.2. The summed E-state index contributed by atoms with van der Waals surface area (Å²) in [4.78, 5) is 16.1. The number of benzene rings is 2. The number of halogens is 2. The minimum Gasteiger partial charge on any atom is -0.369 e. The molecule has 0 saturated carbocycles. The summed E-state index contributed by atoms with van der Waals surface area (Å²) in [6.45, 7) is 2.97. The Balaban J connectivity index is 2.28.